The van der Waals surface area contributed by atoms with Gasteiger partial charge in [0.25, 0.3) is 5.91 Å². The monoisotopic (exact) mass is 713 g/mol. The second-order valence-corrected chi connectivity index (χ2v) is 14.1. The molecule has 4 heterocycles. The number of carboxylic acid groups (broad SMARTS) is 1. The molecule has 52 heavy (non-hydrogen) atoms. The van der Waals surface area contributed by atoms with Gasteiger partial charge in [0.05, 0.1) is 32.0 Å². The van der Waals surface area contributed by atoms with Crippen LogP contribution in [0.15, 0.2) is 48.8 Å². The number of carbonyl (C=O) groups is 2. The number of benzene rings is 2. The van der Waals surface area contributed by atoms with Crippen LogP contribution in [-0.2, 0) is 18.9 Å². The van der Waals surface area contributed by atoms with E-state index in [0.29, 0.717) is 49.6 Å². The SMILES string of the molecule is CNC(=O)c1cc(C)c2cnc(NC3CCC4(CC3)OCCO4)cc2c1.Cc1cc(C(=O)O)cc2cc(NC3CCC4(CC3)OCCO4)ncc12.[NH2-]. The zero-order valence-electron chi connectivity index (χ0n) is 30.1. The number of carboxylic acids is 1. The number of ether oxygens (including phenoxy) is 4. The molecular weight excluding hydrogens is 664 g/mol. The van der Waals surface area contributed by atoms with Gasteiger partial charge in [-0.3, -0.25) is 4.79 Å². The highest BCUT2D eigenvalue weighted by atomic mass is 16.7. The number of carbonyl (C=O) groups excluding carboxylic acids is 1. The Bertz CT molecular complexity index is 1900. The molecule has 0 atom stereocenters. The molecule has 6 N–H and O–H groups in total. The van der Waals surface area contributed by atoms with Gasteiger partial charge in [0, 0.05) is 73.5 Å². The van der Waals surface area contributed by atoms with Crippen molar-refractivity contribution in [3.05, 3.63) is 77.2 Å². The average Bonchev–Trinajstić information content (AvgIpc) is 3.80. The van der Waals surface area contributed by atoms with Crippen molar-refractivity contribution in [2.45, 2.75) is 88.9 Å². The van der Waals surface area contributed by atoms with Gasteiger partial charge in [-0.1, -0.05) is 0 Å². The highest BCUT2D eigenvalue weighted by molar-refractivity contribution is 6.00. The molecule has 1 amide bonds. The summed E-state index contributed by atoms with van der Waals surface area (Å²) >= 11 is 0. The predicted octanol–water partition coefficient (Wildman–Crippen LogP) is 7.06. The van der Waals surface area contributed by atoms with Gasteiger partial charge in [0.15, 0.2) is 11.6 Å². The molecule has 8 rings (SSSR count). The first-order chi connectivity index (χ1) is 24.6. The van der Waals surface area contributed by atoms with Gasteiger partial charge in [-0.2, -0.15) is 0 Å². The van der Waals surface area contributed by atoms with Gasteiger partial charge < -0.3 is 46.2 Å². The Hall–Kier alpha value is -4.40. The summed E-state index contributed by atoms with van der Waals surface area (Å²) in [6.45, 7) is 6.71. The zero-order valence-corrected chi connectivity index (χ0v) is 30.1. The van der Waals surface area contributed by atoms with Gasteiger partial charge in [-0.15, -0.1) is 0 Å². The normalized spacial score (nSPS) is 20.6. The maximum absolute atomic E-state index is 12.0. The minimum Gasteiger partial charge on any atom is -0.693 e. The van der Waals surface area contributed by atoms with E-state index < -0.39 is 5.97 Å². The van der Waals surface area contributed by atoms with Crippen molar-refractivity contribution >= 4 is 45.1 Å². The van der Waals surface area contributed by atoms with Crippen molar-refractivity contribution in [1.29, 1.82) is 0 Å². The van der Waals surface area contributed by atoms with Crippen molar-refractivity contribution in [3.8, 4) is 0 Å². The number of fused-ring (bicyclic) bond motifs is 2. The van der Waals surface area contributed by atoms with Crippen molar-refractivity contribution in [2.24, 2.45) is 0 Å². The van der Waals surface area contributed by atoms with Gasteiger partial charge in [-0.25, -0.2) is 14.8 Å². The molecule has 4 aliphatic rings. The minimum absolute atomic E-state index is 0. The summed E-state index contributed by atoms with van der Waals surface area (Å²) < 4.78 is 23.1. The number of aromatic carboxylic acids is 1. The van der Waals surface area contributed by atoms with Crippen LogP contribution < -0.4 is 16.0 Å². The van der Waals surface area contributed by atoms with E-state index in [1.165, 1.54) is 0 Å². The highest BCUT2D eigenvalue weighted by Crippen LogP contribution is 2.38. The van der Waals surface area contributed by atoms with E-state index in [0.717, 1.165) is 95.7 Å². The summed E-state index contributed by atoms with van der Waals surface area (Å²) in [7, 11) is 1.65. The quantitative estimate of drug-likeness (QED) is 0.160. The molecule has 4 aromatic rings. The molecular formula is C39H49N6O7-. The molecule has 2 aromatic heterocycles. The van der Waals surface area contributed by atoms with E-state index >= 15 is 0 Å². The van der Waals surface area contributed by atoms with Gasteiger partial charge in [0.1, 0.15) is 11.6 Å². The number of amides is 1. The summed E-state index contributed by atoms with van der Waals surface area (Å²) in [5.74, 6) is -0.0541. The Morgan fingerprint density at radius 3 is 1.48 bits per heavy atom. The summed E-state index contributed by atoms with van der Waals surface area (Å²) in [6.07, 6.45) is 11.2. The van der Waals surface area contributed by atoms with Crippen LogP contribution in [-0.4, -0.2) is 84.1 Å². The largest absolute Gasteiger partial charge is 0.693 e. The lowest BCUT2D eigenvalue weighted by Crippen LogP contribution is -2.39. The Morgan fingerprint density at radius 1 is 0.673 bits per heavy atom. The number of aromatic nitrogens is 2. The van der Waals surface area contributed by atoms with Crippen molar-refractivity contribution in [2.75, 3.05) is 44.1 Å². The molecule has 278 valence electrons. The zero-order chi connectivity index (χ0) is 35.6. The van der Waals surface area contributed by atoms with Crippen molar-refractivity contribution < 1.29 is 33.6 Å². The second-order valence-electron chi connectivity index (χ2n) is 14.1. The maximum Gasteiger partial charge on any atom is 0.335 e. The topological polar surface area (TPSA) is 187 Å². The standard InChI is InChI=1S/C20H25N3O3.C19H22N2O4.H2N/c1-13-9-15(19(24)21-2)10-14-11-18(22-12-17(13)14)23-16-3-5-20(6-4-16)25-7-8-26-20;1-12-8-14(18(22)23)9-13-10-17(20-11-16(12)13)21-15-2-4-19(5-3-15)24-6-7-25-19;/h9-12,16H,3-8H2,1-2H3,(H,21,24)(H,22,23);8-11,15H,2-7H2,1H3,(H,20,21)(H,22,23);1H2/q;;-1. The lowest BCUT2D eigenvalue weighted by molar-refractivity contribution is -0.178. The van der Waals surface area contributed by atoms with E-state index in [2.05, 4.69) is 25.9 Å². The fraction of sp³-hybridized carbons (Fsp3) is 0.487. The number of hydrogen-bond donors (Lipinski definition) is 4. The molecule has 2 aliphatic carbocycles. The molecule has 2 aliphatic heterocycles. The Kier molecular flexibility index (Phi) is 11.3. The van der Waals surface area contributed by atoms with Gasteiger partial charge in [0.2, 0.25) is 0 Å². The van der Waals surface area contributed by atoms with E-state index in [9.17, 15) is 14.7 Å². The number of aryl methyl sites for hydroxylation is 2. The third-order valence-electron chi connectivity index (χ3n) is 10.6. The molecule has 13 nitrogen and oxygen atoms in total. The minimum atomic E-state index is -0.912. The lowest BCUT2D eigenvalue weighted by Gasteiger charge is -2.35. The molecule has 2 saturated carbocycles. The van der Waals surface area contributed by atoms with Crippen LogP contribution in [0.2, 0.25) is 0 Å². The molecule has 0 radical (unpaired) electrons. The molecule has 13 heteroatoms. The molecule has 0 bridgehead atoms. The highest BCUT2D eigenvalue weighted by Gasteiger charge is 2.41. The smallest absolute Gasteiger partial charge is 0.335 e. The third kappa shape index (κ3) is 8.13. The summed E-state index contributed by atoms with van der Waals surface area (Å²) in [5, 5.41) is 22.9. The van der Waals surface area contributed by atoms with Crippen LogP contribution in [0.3, 0.4) is 0 Å². The fourth-order valence-corrected chi connectivity index (χ4v) is 7.83. The molecule has 0 unspecified atom stereocenters. The first-order valence-electron chi connectivity index (χ1n) is 18.0. The van der Waals surface area contributed by atoms with E-state index in [1.54, 1.807) is 19.2 Å². The summed E-state index contributed by atoms with van der Waals surface area (Å²) in [6, 6.07) is 11.9. The first kappa shape index (κ1) is 37.4. The molecule has 2 saturated heterocycles. The number of hydrogen-bond acceptors (Lipinski definition) is 10. The van der Waals surface area contributed by atoms with E-state index in [4.69, 9.17) is 18.9 Å². The van der Waals surface area contributed by atoms with E-state index in [1.807, 2.05) is 50.5 Å². The number of pyridine rings is 2. The Labute approximate surface area is 303 Å². The predicted molar refractivity (Wildman–Crippen MR) is 200 cm³/mol. The van der Waals surface area contributed by atoms with Crippen molar-refractivity contribution in [3.63, 3.8) is 0 Å². The fourth-order valence-electron chi connectivity index (χ4n) is 7.83. The number of nitrogens with zero attached hydrogens (tertiary/aromatic N) is 2. The van der Waals surface area contributed by atoms with Crippen LogP contribution in [0.4, 0.5) is 11.6 Å². The van der Waals surface area contributed by atoms with Gasteiger partial charge in [-0.05, 0) is 97.8 Å². The van der Waals surface area contributed by atoms with Crippen LogP contribution in [0.5, 0.6) is 0 Å². The summed E-state index contributed by atoms with van der Waals surface area (Å²) in [5.41, 5.74) is 2.95. The Morgan fingerprint density at radius 2 is 1.08 bits per heavy atom. The second kappa shape index (κ2) is 15.7. The van der Waals surface area contributed by atoms with Crippen LogP contribution in [0.25, 0.3) is 27.7 Å². The lowest BCUT2D eigenvalue weighted by atomic mass is 9.90. The summed E-state index contributed by atoms with van der Waals surface area (Å²) in [4.78, 5) is 32.3. The number of nitrogens with two attached hydrogens (primary N) is 1. The molecule has 4 fully saturated rings. The van der Waals surface area contributed by atoms with Crippen molar-refractivity contribution in [1.82, 2.24) is 15.3 Å². The van der Waals surface area contributed by atoms with Crippen LogP contribution >= 0.6 is 0 Å². The number of anilines is 2. The Balaban J connectivity index is 0.000000175. The average molecular weight is 714 g/mol. The number of nitrogens with one attached hydrogen (secondary N) is 3. The maximum atomic E-state index is 12.0. The number of rotatable bonds is 6. The first-order valence-corrected chi connectivity index (χ1v) is 18.0. The molecule has 2 aromatic carbocycles. The third-order valence-corrected chi connectivity index (χ3v) is 10.6. The van der Waals surface area contributed by atoms with Gasteiger partial charge >= 0.3 is 5.97 Å². The van der Waals surface area contributed by atoms with Crippen LogP contribution in [0, 0.1) is 13.8 Å². The van der Waals surface area contributed by atoms with E-state index in [-0.39, 0.29) is 23.6 Å². The molecule has 2 spiro atoms. The van der Waals surface area contributed by atoms with Crippen LogP contribution in [0.1, 0.15) is 83.2 Å².